The van der Waals surface area contributed by atoms with Gasteiger partial charge in [0.15, 0.2) is 5.16 Å². The van der Waals surface area contributed by atoms with Crippen molar-refractivity contribution in [3.05, 3.63) is 51.3 Å². The van der Waals surface area contributed by atoms with Gasteiger partial charge in [-0.05, 0) is 30.0 Å². The number of nitrogens with one attached hydrogen (secondary N) is 1. The van der Waals surface area contributed by atoms with Crippen LogP contribution in [0.5, 0.6) is 0 Å². The van der Waals surface area contributed by atoms with Crippen molar-refractivity contribution in [3.63, 3.8) is 0 Å². The van der Waals surface area contributed by atoms with E-state index in [9.17, 15) is 9.59 Å². The summed E-state index contributed by atoms with van der Waals surface area (Å²) in [6.45, 7) is 0. The summed E-state index contributed by atoms with van der Waals surface area (Å²) in [6.07, 6.45) is 3.37. The summed E-state index contributed by atoms with van der Waals surface area (Å²) >= 11 is 1.26. The molecule has 0 atom stereocenters. The van der Waals surface area contributed by atoms with Gasteiger partial charge in [-0.15, -0.1) is 0 Å². The fraction of sp³-hybridized carbons (Fsp3) is 0.0769. The number of rotatable bonds is 2. The molecule has 0 fully saturated rings. The number of fused-ring (bicyclic) bond motifs is 1. The van der Waals surface area contributed by atoms with Crippen molar-refractivity contribution in [2.75, 3.05) is 5.73 Å². The maximum atomic E-state index is 11.4. The molecule has 0 radical (unpaired) electrons. The molecule has 106 valence electrons. The maximum absolute atomic E-state index is 11.4. The zero-order valence-electron chi connectivity index (χ0n) is 11.0. The number of H-pyrrole nitrogens is 1. The highest BCUT2D eigenvalue weighted by Gasteiger charge is 2.10. The quantitative estimate of drug-likeness (QED) is 0.534. The van der Waals surface area contributed by atoms with E-state index in [0.717, 1.165) is 15.7 Å². The number of anilines is 1. The molecule has 0 unspecified atom stereocenters. The molecular formula is C13H11N5O2S. The second kappa shape index (κ2) is 5.06. The Morgan fingerprint density at radius 2 is 2.05 bits per heavy atom. The molecular weight excluding hydrogens is 290 g/mol. The summed E-state index contributed by atoms with van der Waals surface area (Å²) in [6, 6.07) is 5.45. The summed E-state index contributed by atoms with van der Waals surface area (Å²) in [5, 5.41) is 4.54. The summed E-state index contributed by atoms with van der Waals surface area (Å²) in [5.74, 6) is 0. The smallest absolute Gasteiger partial charge is 0.339 e. The molecule has 3 aromatic rings. The molecule has 2 heterocycles. The SMILES string of the molecule is Cn1[nH]c(=O)c(=O)nc1Sc1ccc(N)c2ccncc12. The predicted molar refractivity (Wildman–Crippen MR) is 80.4 cm³/mol. The predicted octanol–water partition coefficient (Wildman–Crippen LogP) is 0.750. The summed E-state index contributed by atoms with van der Waals surface area (Å²) in [7, 11) is 1.62. The summed E-state index contributed by atoms with van der Waals surface area (Å²) in [5.41, 5.74) is 5.03. The number of hydrogen-bond donors (Lipinski definition) is 2. The number of benzene rings is 1. The Morgan fingerprint density at radius 1 is 1.24 bits per heavy atom. The summed E-state index contributed by atoms with van der Waals surface area (Å²) < 4.78 is 1.41. The number of aromatic amines is 1. The molecule has 3 N–H and O–H groups in total. The molecule has 0 saturated carbocycles. The third kappa shape index (κ3) is 2.40. The van der Waals surface area contributed by atoms with Gasteiger partial charge >= 0.3 is 11.1 Å². The molecule has 0 bridgehead atoms. The van der Waals surface area contributed by atoms with Gasteiger partial charge in [0.1, 0.15) is 0 Å². The highest BCUT2D eigenvalue weighted by atomic mass is 32.2. The van der Waals surface area contributed by atoms with Crippen LogP contribution in [0, 0.1) is 0 Å². The number of nitrogens with zero attached hydrogens (tertiary/aromatic N) is 3. The van der Waals surface area contributed by atoms with Crippen molar-refractivity contribution >= 4 is 28.2 Å². The summed E-state index contributed by atoms with van der Waals surface area (Å²) in [4.78, 5) is 31.3. The van der Waals surface area contributed by atoms with Gasteiger partial charge in [0.05, 0.1) is 0 Å². The van der Waals surface area contributed by atoms with Gasteiger partial charge in [-0.3, -0.25) is 24.4 Å². The Labute approximate surface area is 122 Å². The van der Waals surface area contributed by atoms with Crippen LogP contribution >= 0.6 is 11.8 Å². The van der Waals surface area contributed by atoms with Crippen molar-refractivity contribution in [2.45, 2.75) is 10.1 Å². The first-order chi connectivity index (χ1) is 10.1. The normalized spacial score (nSPS) is 10.9. The van der Waals surface area contributed by atoms with E-state index in [1.807, 2.05) is 12.1 Å². The van der Waals surface area contributed by atoms with Crippen LogP contribution in [0.3, 0.4) is 0 Å². The Morgan fingerprint density at radius 3 is 2.86 bits per heavy atom. The van der Waals surface area contributed by atoms with Crippen molar-refractivity contribution in [2.24, 2.45) is 7.05 Å². The van der Waals surface area contributed by atoms with Gasteiger partial charge in [-0.2, -0.15) is 4.98 Å². The van der Waals surface area contributed by atoms with E-state index in [1.165, 1.54) is 16.4 Å². The molecule has 2 aromatic heterocycles. The first-order valence-corrected chi connectivity index (χ1v) is 6.85. The monoisotopic (exact) mass is 301 g/mol. The van der Waals surface area contributed by atoms with Crippen molar-refractivity contribution < 1.29 is 0 Å². The minimum absolute atomic E-state index is 0.384. The van der Waals surface area contributed by atoms with Gasteiger partial charge in [-0.25, -0.2) is 0 Å². The third-order valence-corrected chi connectivity index (χ3v) is 4.08. The topological polar surface area (TPSA) is 107 Å². The lowest BCUT2D eigenvalue weighted by atomic mass is 10.1. The fourth-order valence-corrected chi connectivity index (χ4v) is 2.84. The van der Waals surface area contributed by atoms with Gasteiger partial charge in [0.25, 0.3) is 0 Å². The van der Waals surface area contributed by atoms with Crippen LogP contribution < -0.4 is 16.9 Å². The van der Waals surface area contributed by atoms with Crippen LogP contribution in [-0.4, -0.2) is 19.7 Å². The molecule has 3 rings (SSSR count). The van der Waals surface area contributed by atoms with Gasteiger partial charge < -0.3 is 5.73 Å². The first-order valence-electron chi connectivity index (χ1n) is 6.03. The van der Waals surface area contributed by atoms with E-state index in [2.05, 4.69) is 15.1 Å². The number of pyridine rings is 1. The average molecular weight is 301 g/mol. The van der Waals surface area contributed by atoms with Gasteiger partial charge in [0, 0.05) is 40.8 Å². The lowest BCUT2D eigenvalue weighted by molar-refractivity contribution is 0.596. The molecule has 0 aliphatic rings. The largest absolute Gasteiger partial charge is 0.398 e. The standard InChI is InChI=1S/C13H11N5O2S/c1-18-13(16-11(19)12(20)17-18)21-10-3-2-9(14)7-4-5-15-6-8(7)10/h2-6H,14H2,1H3,(H,17,20). The van der Waals surface area contributed by atoms with Gasteiger partial charge in [-0.1, -0.05) is 0 Å². The van der Waals surface area contributed by atoms with E-state index < -0.39 is 11.1 Å². The van der Waals surface area contributed by atoms with Crippen LogP contribution in [-0.2, 0) is 7.05 Å². The lowest BCUT2D eigenvalue weighted by Crippen LogP contribution is -2.33. The van der Waals surface area contributed by atoms with Crippen LogP contribution in [0.1, 0.15) is 0 Å². The highest BCUT2D eigenvalue weighted by Crippen LogP contribution is 2.33. The lowest BCUT2D eigenvalue weighted by Gasteiger charge is -2.09. The Balaban J connectivity index is 2.15. The molecule has 0 aliphatic carbocycles. The molecule has 7 nitrogen and oxygen atoms in total. The van der Waals surface area contributed by atoms with Gasteiger partial charge in [0.2, 0.25) is 0 Å². The third-order valence-electron chi connectivity index (χ3n) is 2.96. The number of aromatic nitrogens is 4. The van der Waals surface area contributed by atoms with E-state index in [1.54, 1.807) is 25.5 Å². The van der Waals surface area contributed by atoms with Crippen LogP contribution in [0.25, 0.3) is 10.8 Å². The van der Waals surface area contributed by atoms with Crippen molar-refractivity contribution in [1.82, 2.24) is 19.7 Å². The van der Waals surface area contributed by atoms with Crippen molar-refractivity contribution in [1.29, 1.82) is 0 Å². The molecule has 0 saturated heterocycles. The second-order valence-corrected chi connectivity index (χ2v) is 5.38. The minimum atomic E-state index is -0.812. The van der Waals surface area contributed by atoms with E-state index in [-0.39, 0.29) is 0 Å². The number of nitrogen functional groups attached to an aromatic ring is 1. The Kier molecular flexibility index (Phi) is 3.22. The second-order valence-electron chi connectivity index (χ2n) is 4.38. The zero-order valence-corrected chi connectivity index (χ0v) is 11.8. The van der Waals surface area contributed by atoms with Crippen LogP contribution in [0.15, 0.2) is 50.2 Å². The molecule has 1 aromatic carbocycles. The molecule has 0 amide bonds. The fourth-order valence-electron chi connectivity index (χ4n) is 1.93. The number of hydrogen-bond acceptors (Lipinski definition) is 6. The Hall–Kier alpha value is -2.61. The average Bonchev–Trinajstić information content (AvgIpc) is 2.48. The van der Waals surface area contributed by atoms with E-state index in [0.29, 0.717) is 10.8 Å². The molecule has 21 heavy (non-hydrogen) atoms. The molecule has 0 aliphatic heterocycles. The van der Waals surface area contributed by atoms with Crippen molar-refractivity contribution in [3.8, 4) is 0 Å². The minimum Gasteiger partial charge on any atom is -0.398 e. The Bertz CT molecular complexity index is 947. The van der Waals surface area contributed by atoms with E-state index in [4.69, 9.17) is 5.73 Å². The molecule has 8 heteroatoms. The zero-order chi connectivity index (χ0) is 15.0. The first kappa shape index (κ1) is 13.4. The van der Waals surface area contributed by atoms with Crippen LogP contribution in [0.4, 0.5) is 5.69 Å². The highest BCUT2D eigenvalue weighted by molar-refractivity contribution is 7.99. The number of aryl methyl sites for hydroxylation is 1. The van der Waals surface area contributed by atoms with Crippen LogP contribution in [0.2, 0.25) is 0 Å². The molecule has 0 spiro atoms. The van der Waals surface area contributed by atoms with E-state index >= 15 is 0 Å². The number of nitrogens with two attached hydrogens (primary N) is 1. The maximum Gasteiger partial charge on any atom is 0.339 e.